The van der Waals surface area contributed by atoms with Gasteiger partial charge in [0, 0.05) is 23.0 Å². The molecule has 1 amide bonds. The van der Waals surface area contributed by atoms with E-state index in [0.717, 1.165) is 18.5 Å². The molecule has 5 heteroatoms. The average molecular weight is 303 g/mol. The third-order valence-electron chi connectivity index (χ3n) is 3.64. The van der Waals surface area contributed by atoms with Gasteiger partial charge in [-0.2, -0.15) is 0 Å². The molecule has 21 heavy (non-hydrogen) atoms. The van der Waals surface area contributed by atoms with Crippen LogP contribution in [0.4, 0.5) is 0 Å². The topological polar surface area (TPSA) is 58.4 Å². The Bertz CT molecular complexity index is 583. The first-order chi connectivity index (χ1) is 10.1. The van der Waals surface area contributed by atoms with Crippen molar-refractivity contribution in [2.45, 2.75) is 25.9 Å². The molecule has 4 nitrogen and oxygen atoms in total. The lowest BCUT2D eigenvalue weighted by Gasteiger charge is -2.25. The van der Waals surface area contributed by atoms with Crippen molar-refractivity contribution >= 4 is 17.2 Å². The van der Waals surface area contributed by atoms with Crippen molar-refractivity contribution in [3.63, 3.8) is 0 Å². The number of benzene rings is 1. The van der Waals surface area contributed by atoms with Gasteiger partial charge in [0.25, 0.3) is 5.91 Å². The minimum atomic E-state index is -0.245. The maximum absolute atomic E-state index is 11.8. The molecular weight excluding hydrogens is 282 g/mol. The molecule has 0 saturated carbocycles. The maximum atomic E-state index is 11.8. The van der Waals surface area contributed by atoms with E-state index in [0.29, 0.717) is 11.6 Å². The quantitative estimate of drug-likeness (QED) is 0.489. The smallest absolute Gasteiger partial charge is 0.265 e. The van der Waals surface area contributed by atoms with Crippen LogP contribution < -0.4 is 11.3 Å². The number of rotatable bonds is 6. The second-order valence-electron chi connectivity index (χ2n) is 5.18. The Morgan fingerprint density at radius 3 is 2.76 bits per heavy atom. The lowest BCUT2D eigenvalue weighted by atomic mass is 10.1. The van der Waals surface area contributed by atoms with Crippen molar-refractivity contribution < 1.29 is 4.79 Å². The predicted octanol–water partition coefficient (Wildman–Crippen LogP) is 2.41. The molecule has 1 unspecified atom stereocenters. The lowest BCUT2D eigenvalue weighted by molar-refractivity contribution is 0.0951. The van der Waals surface area contributed by atoms with Crippen molar-refractivity contribution in [3.8, 4) is 0 Å². The summed E-state index contributed by atoms with van der Waals surface area (Å²) in [5.41, 5.74) is 3.83. The molecule has 1 aromatic carbocycles. The minimum Gasteiger partial charge on any atom is -0.299 e. The fourth-order valence-electron chi connectivity index (χ4n) is 2.26. The first-order valence-electron chi connectivity index (χ1n) is 6.93. The first-order valence-corrected chi connectivity index (χ1v) is 7.81. The number of carbonyl (C=O) groups is 1. The first kappa shape index (κ1) is 15.7. The molecule has 1 atom stereocenters. The number of hydrogen-bond acceptors (Lipinski definition) is 4. The molecule has 0 bridgehead atoms. The van der Waals surface area contributed by atoms with E-state index in [-0.39, 0.29) is 5.91 Å². The lowest BCUT2D eigenvalue weighted by Crippen LogP contribution is -2.33. The monoisotopic (exact) mass is 303 g/mol. The minimum absolute atomic E-state index is 0.245. The number of hydrogen-bond donors (Lipinski definition) is 2. The van der Waals surface area contributed by atoms with Crippen LogP contribution in [0, 0.1) is 0 Å². The van der Waals surface area contributed by atoms with E-state index < -0.39 is 0 Å². The average Bonchev–Trinajstić information content (AvgIpc) is 2.99. The standard InChI is InChI=1S/C16H21N3OS/c1-12(10-14-7-5-9-21-14)19(2)11-13-6-3-4-8-15(13)16(20)18-17/h3-9,12H,10-11,17H2,1-2H3,(H,18,20). The van der Waals surface area contributed by atoms with Crippen molar-refractivity contribution in [2.75, 3.05) is 7.05 Å². The zero-order valence-electron chi connectivity index (χ0n) is 12.4. The van der Waals surface area contributed by atoms with Crippen LogP contribution in [-0.4, -0.2) is 23.9 Å². The van der Waals surface area contributed by atoms with Gasteiger partial charge in [-0.3, -0.25) is 15.1 Å². The maximum Gasteiger partial charge on any atom is 0.265 e. The highest BCUT2D eigenvalue weighted by Gasteiger charge is 2.15. The zero-order chi connectivity index (χ0) is 15.2. The second-order valence-corrected chi connectivity index (χ2v) is 6.21. The number of likely N-dealkylation sites (N-methyl/N-ethyl adjacent to an activating group) is 1. The molecule has 1 heterocycles. The van der Waals surface area contributed by atoms with Gasteiger partial charge in [0.15, 0.2) is 0 Å². The fourth-order valence-corrected chi connectivity index (χ4v) is 3.08. The number of thiophene rings is 1. The molecule has 2 rings (SSSR count). The van der Waals surface area contributed by atoms with E-state index in [2.05, 4.69) is 41.8 Å². The highest BCUT2D eigenvalue weighted by Crippen LogP contribution is 2.17. The van der Waals surface area contributed by atoms with Gasteiger partial charge in [-0.15, -0.1) is 11.3 Å². The number of nitrogens with two attached hydrogens (primary N) is 1. The summed E-state index contributed by atoms with van der Waals surface area (Å²) in [5, 5.41) is 2.10. The Balaban J connectivity index is 2.05. The highest BCUT2D eigenvalue weighted by molar-refractivity contribution is 7.09. The molecule has 3 N–H and O–H groups in total. The van der Waals surface area contributed by atoms with Crippen LogP contribution >= 0.6 is 11.3 Å². The number of hydrazine groups is 1. The second kappa shape index (κ2) is 7.36. The van der Waals surface area contributed by atoms with Crippen LogP contribution in [0.1, 0.15) is 27.7 Å². The molecule has 0 fully saturated rings. The summed E-state index contributed by atoms with van der Waals surface area (Å²) in [6.07, 6.45) is 1.01. The summed E-state index contributed by atoms with van der Waals surface area (Å²) in [6, 6.07) is 12.2. The van der Waals surface area contributed by atoms with Gasteiger partial charge in [-0.25, -0.2) is 5.84 Å². The fraction of sp³-hybridized carbons (Fsp3) is 0.312. The van der Waals surface area contributed by atoms with Crippen LogP contribution in [0.2, 0.25) is 0 Å². The zero-order valence-corrected chi connectivity index (χ0v) is 13.2. The van der Waals surface area contributed by atoms with Gasteiger partial charge in [-0.05, 0) is 43.5 Å². The summed E-state index contributed by atoms with van der Waals surface area (Å²) in [7, 11) is 2.08. The number of nitrogens with zero attached hydrogens (tertiary/aromatic N) is 1. The predicted molar refractivity (Wildman–Crippen MR) is 87.0 cm³/mol. The Labute approximate surface area is 129 Å². The number of nitrogens with one attached hydrogen (secondary N) is 1. The molecule has 112 valence electrons. The summed E-state index contributed by atoms with van der Waals surface area (Å²) in [6.45, 7) is 2.92. The molecule has 0 spiro atoms. The van der Waals surface area contributed by atoms with Gasteiger partial charge in [0.05, 0.1) is 0 Å². The SMILES string of the molecule is CC(Cc1cccs1)N(C)Cc1ccccc1C(=O)NN. The molecule has 1 aromatic heterocycles. The molecule has 0 aliphatic rings. The third kappa shape index (κ3) is 4.14. The van der Waals surface area contributed by atoms with Gasteiger partial charge in [0.1, 0.15) is 0 Å². The third-order valence-corrected chi connectivity index (χ3v) is 4.54. The van der Waals surface area contributed by atoms with E-state index in [1.807, 2.05) is 18.2 Å². The van der Waals surface area contributed by atoms with Gasteiger partial charge in [0.2, 0.25) is 0 Å². The molecule has 0 radical (unpaired) electrons. The van der Waals surface area contributed by atoms with Gasteiger partial charge in [-0.1, -0.05) is 24.3 Å². The molecule has 0 aliphatic carbocycles. The van der Waals surface area contributed by atoms with Crippen molar-refractivity contribution in [2.24, 2.45) is 5.84 Å². The van der Waals surface area contributed by atoms with Crippen molar-refractivity contribution in [1.82, 2.24) is 10.3 Å². The van der Waals surface area contributed by atoms with E-state index >= 15 is 0 Å². The summed E-state index contributed by atoms with van der Waals surface area (Å²) in [5.74, 6) is 5.00. The Morgan fingerprint density at radius 2 is 2.10 bits per heavy atom. The van der Waals surface area contributed by atoms with Crippen LogP contribution in [0.3, 0.4) is 0 Å². The van der Waals surface area contributed by atoms with Crippen LogP contribution in [0.5, 0.6) is 0 Å². The summed E-state index contributed by atoms with van der Waals surface area (Å²) < 4.78 is 0. The molecule has 2 aromatic rings. The Morgan fingerprint density at radius 1 is 1.33 bits per heavy atom. The summed E-state index contributed by atoms with van der Waals surface area (Å²) in [4.78, 5) is 15.4. The molecule has 0 saturated heterocycles. The largest absolute Gasteiger partial charge is 0.299 e. The number of carbonyl (C=O) groups excluding carboxylic acids is 1. The Hall–Kier alpha value is -1.69. The number of amides is 1. The van der Waals surface area contributed by atoms with Gasteiger partial charge >= 0.3 is 0 Å². The van der Waals surface area contributed by atoms with Gasteiger partial charge < -0.3 is 0 Å². The van der Waals surface area contributed by atoms with E-state index in [9.17, 15) is 4.79 Å². The van der Waals surface area contributed by atoms with Crippen molar-refractivity contribution in [1.29, 1.82) is 0 Å². The van der Waals surface area contributed by atoms with E-state index in [1.54, 1.807) is 17.4 Å². The van der Waals surface area contributed by atoms with Crippen LogP contribution in [0.25, 0.3) is 0 Å². The Kier molecular flexibility index (Phi) is 5.50. The van der Waals surface area contributed by atoms with Crippen LogP contribution in [0.15, 0.2) is 41.8 Å². The summed E-state index contributed by atoms with van der Waals surface area (Å²) >= 11 is 1.78. The van der Waals surface area contributed by atoms with E-state index in [4.69, 9.17) is 5.84 Å². The van der Waals surface area contributed by atoms with Crippen LogP contribution in [-0.2, 0) is 13.0 Å². The molecular formula is C16H21N3OS. The molecule has 0 aliphatic heterocycles. The highest BCUT2D eigenvalue weighted by atomic mass is 32.1. The normalized spacial score (nSPS) is 12.4. The van der Waals surface area contributed by atoms with E-state index in [1.165, 1.54) is 4.88 Å². The van der Waals surface area contributed by atoms with Crippen molar-refractivity contribution in [3.05, 3.63) is 57.8 Å². The number of nitrogen functional groups attached to an aromatic ring is 1.